The molecule has 0 aliphatic heterocycles. The molecule has 0 bridgehead atoms. The highest BCUT2D eigenvalue weighted by atomic mass is 16.6. The van der Waals surface area contributed by atoms with Gasteiger partial charge in [0.15, 0.2) is 0 Å². The highest BCUT2D eigenvalue weighted by Gasteiger charge is 2.19. The molecule has 84 valence electrons. The van der Waals surface area contributed by atoms with Crippen LogP contribution in [-0.2, 0) is 14.3 Å². The standard InChI is InChI=1S/C10H21NO3/c1-10(2,3)14-9(12)5-8(6-11)7-13-4/h8H,5-7,11H2,1-4H3/t8-/m1/s1. The van der Waals surface area contributed by atoms with Gasteiger partial charge in [-0.15, -0.1) is 0 Å². The molecule has 0 aromatic heterocycles. The number of ether oxygens (including phenoxy) is 2. The second kappa shape index (κ2) is 5.98. The summed E-state index contributed by atoms with van der Waals surface area (Å²) in [5.41, 5.74) is 5.06. The fourth-order valence-corrected chi connectivity index (χ4v) is 1.06. The van der Waals surface area contributed by atoms with Crippen LogP contribution in [0.1, 0.15) is 27.2 Å². The fourth-order valence-electron chi connectivity index (χ4n) is 1.06. The highest BCUT2D eigenvalue weighted by molar-refractivity contribution is 5.70. The zero-order chi connectivity index (χ0) is 11.2. The zero-order valence-electron chi connectivity index (χ0n) is 9.50. The number of hydrogen-bond donors (Lipinski definition) is 1. The number of methoxy groups -OCH3 is 1. The van der Waals surface area contributed by atoms with Crippen LogP contribution in [0.4, 0.5) is 0 Å². The van der Waals surface area contributed by atoms with Gasteiger partial charge in [0, 0.05) is 13.0 Å². The van der Waals surface area contributed by atoms with Crippen LogP contribution in [0.5, 0.6) is 0 Å². The van der Waals surface area contributed by atoms with Gasteiger partial charge in [0.1, 0.15) is 5.60 Å². The lowest BCUT2D eigenvalue weighted by Crippen LogP contribution is -2.28. The Bertz CT molecular complexity index is 175. The monoisotopic (exact) mass is 203 g/mol. The molecule has 0 fully saturated rings. The molecule has 0 aromatic carbocycles. The van der Waals surface area contributed by atoms with Crippen LogP contribution in [0.15, 0.2) is 0 Å². The first-order chi connectivity index (χ1) is 6.39. The Kier molecular flexibility index (Phi) is 5.72. The van der Waals surface area contributed by atoms with E-state index in [1.165, 1.54) is 0 Å². The van der Waals surface area contributed by atoms with Crippen molar-refractivity contribution in [1.82, 2.24) is 0 Å². The van der Waals surface area contributed by atoms with E-state index in [4.69, 9.17) is 15.2 Å². The van der Waals surface area contributed by atoms with E-state index in [1.807, 2.05) is 20.8 Å². The summed E-state index contributed by atoms with van der Waals surface area (Å²) in [6.45, 7) is 6.47. The van der Waals surface area contributed by atoms with Gasteiger partial charge in [-0.25, -0.2) is 0 Å². The molecule has 0 amide bonds. The summed E-state index contributed by atoms with van der Waals surface area (Å²) in [5, 5.41) is 0. The molecular weight excluding hydrogens is 182 g/mol. The molecule has 0 heterocycles. The first-order valence-electron chi connectivity index (χ1n) is 4.80. The molecule has 2 N–H and O–H groups in total. The molecule has 0 rings (SSSR count). The summed E-state index contributed by atoms with van der Waals surface area (Å²) in [5.74, 6) is -0.167. The van der Waals surface area contributed by atoms with Crippen LogP contribution in [0.25, 0.3) is 0 Å². The van der Waals surface area contributed by atoms with Crippen molar-refractivity contribution in [2.75, 3.05) is 20.3 Å². The van der Waals surface area contributed by atoms with Gasteiger partial charge in [-0.2, -0.15) is 0 Å². The normalized spacial score (nSPS) is 13.8. The first-order valence-corrected chi connectivity index (χ1v) is 4.80. The van der Waals surface area contributed by atoms with Crippen molar-refractivity contribution >= 4 is 5.97 Å². The van der Waals surface area contributed by atoms with Crippen LogP contribution in [0.2, 0.25) is 0 Å². The summed E-state index contributed by atoms with van der Waals surface area (Å²) in [4.78, 5) is 11.4. The minimum absolute atomic E-state index is 0.0508. The number of rotatable bonds is 5. The van der Waals surface area contributed by atoms with Crippen molar-refractivity contribution < 1.29 is 14.3 Å². The maximum Gasteiger partial charge on any atom is 0.306 e. The number of esters is 1. The average Bonchev–Trinajstić information content (AvgIpc) is 2.00. The Balaban J connectivity index is 3.91. The predicted molar refractivity (Wildman–Crippen MR) is 54.9 cm³/mol. The minimum atomic E-state index is -0.427. The van der Waals surface area contributed by atoms with Gasteiger partial charge in [-0.3, -0.25) is 4.79 Å². The van der Waals surface area contributed by atoms with Crippen LogP contribution >= 0.6 is 0 Å². The molecule has 0 aliphatic carbocycles. The van der Waals surface area contributed by atoms with Crippen LogP contribution in [0.3, 0.4) is 0 Å². The smallest absolute Gasteiger partial charge is 0.306 e. The highest BCUT2D eigenvalue weighted by Crippen LogP contribution is 2.11. The minimum Gasteiger partial charge on any atom is -0.460 e. The van der Waals surface area contributed by atoms with E-state index in [2.05, 4.69) is 0 Å². The number of nitrogens with two attached hydrogens (primary N) is 1. The SMILES string of the molecule is COC[C@@H](CN)CC(=O)OC(C)(C)C. The Morgan fingerprint density at radius 2 is 2.00 bits per heavy atom. The largest absolute Gasteiger partial charge is 0.460 e. The molecular formula is C10H21NO3. The Morgan fingerprint density at radius 3 is 2.36 bits per heavy atom. The molecule has 4 heteroatoms. The number of carbonyl (C=O) groups is 1. The Hall–Kier alpha value is -0.610. The molecule has 0 saturated heterocycles. The van der Waals surface area contributed by atoms with Crippen molar-refractivity contribution in [2.24, 2.45) is 11.7 Å². The van der Waals surface area contributed by atoms with Gasteiger partial charge in [-0.05, 0) is 27.3 Å². The van der Waals surface area contributed by atoms with Crippen LogP contribution in [0, 0.1) is 5.92 Å². The molecule has 0 spiro atoms. The third kappa shape index (κ3) is 6.86. The maximum absolute atomic E-state index is 11.4. The molecule has 0 saturated carbocycles. The topological polar surface area (TPSA) is 61.5 Å². The van der Waals surface area contributed by atoms with E-state index in [0.29, 0.717) is 19.6 Å². The number of hydrogen-bond acceptors (Lipinski definition) is 4. The van der Waals surface area contributed by atoms with E-state index in [-0.39, 0.29) is 11.9 Å². The fraction of sp³-hybridized carbons (Fsp3) is 0.900. The molecule has 0 unspecified atom stereocenters. The third-order valence-corrected chi connectivity index (χ3v) is 1.61. The van der Waals surface area contributed by atoms with E-state index >= 15 is 0 Å². The van der Waals surface area contributed by atoms with Crippen molar-refractivity contribution in [3.8, 4) is 0 Å². The third-order valence-electron chi connectivity index (χ3n) is 1.61. The Labute approximate surface area is 85.8 Å². The van der Waals surface area contributed by atoms with Crippen LogP contribution in [-0.4, -0.2) is 31.8 Å². The van der Waals surface area contributed by atoms with Crippen molar-refractivity contribution in [3.63, 3.8) is 0 Å². The molecule has 0 radical (unpaired) electrons. The first kappa shape index (κ1) is 13.4. The van der Waals surface area contributed by atoms with E-state index in [0.717, 1.165) is 0 Å². The summed E-state index contributed by atoms with van der Waals surface area (Å²) < 4.78 is 10.1. The lowest BCUT2D eigenvalue weighted by Gasteiger charge is -2.21. The average molecular weight is 203 g/mol. The Morgan fingerprint density at radius 1 is 1.43 bits per heavy atom. The molecule has 0 aliphatic rings. The summed E-state index contributed by atoms with van der Waals surface area (Å²) >= 11 is 0. The summed E-state index contributed by atoms with van der Waals surface area (Å²) in [6.07, 6.45) is 0.321. The van der Waals surface area contributed by atoms with E-state index < -0.39 is 5.60 Å². The van der Waals surface area contributed by atoms with Gasteiger partial charge in [0.2, 0.25) is 0 Å². The second-order valence-corrected chi connectivity index (χ2v) is 4.35. The summed E-state index contributed by atoms with van der Waals surface area (Å²) in [6, 6.07) is 0. The molecule has 1 atom stereocenters. The lowest BCUT2D eigenvalue weighted by atomic mass is 10.1. The molecule has 4 nitrogen and oxygen atoms in total. The van der Waals surface area contributed by atoms with Crippen molar-refractivity contribution in [1.29, 1.82) is 0 Å². The van der Waals surface area contributed by atoms with E-state index in [1.54, 1.807) is 7.11 Å². The summed E-state index contributed by atoms with van der Waals surface area (Å²) in [7, 11) is 1.59. The van der Waals surface area contributed by atoms with Gasteiger partial charge >= 0.3 is 5.97 Å². The van der Waals surface area contributed by atoms with Crippen molar-refractivity contribution in [3.05, 3.63) is 0 Å². The van der Waals surface area contributed by atoms with Crippen molar-refractivity contribution in [2.45, 2.75) is 32.8 Å². The van der Waals surface area contributed by atoms with Gasteiger partial charge in [-0.1, -0.05) is 0 Å². The van der Waals surface area contributed by atoms with Gasteiger partial charge < -0.3 is 15.2 Å². The van der Waals surface area contributed by atoms with E-state index in [9.17, 15) is 4.79 Å². The lowest BCUT2D eigenvalue weighted by molar-refractivity contribution is -0.156. The van der Waals surface area contributed by atoms with Crippen LogP contribution < -0.4 is 5.73 Å². The van der Waals surface area contributed by atoms with Gasteiger partial charge in [0.25, 0.3) is 0 Å². The molecule has 14 heavy (non-hydrogen) atoms. The second-order valence-electron chi connectivity index (χ2n) is 4.35. The quantitative estimate of drug-likeness (QED) is 0.675. The predicted octanol–water partition coefficient (Wildman–Crippen LogP) is 0.940. The molecule has 0 aromatic rings. The zero-order valence-corrected chi connectivity index (χ0v) is 9.50. The maximum atomic E-state index is 11.4. The van der Waals surface area contributed by atoms with Gasteiger partial charge in [0.05, 0.1) is 13.0 Å². The number of carbonyl (C=O) groups excluding carboxylic acids is 1.